The normalized spacial score (nSPS) is 14.9. The second kappa shape index (κ2) is 8.06. The molecule has 0 saturated carbocycles. The van der Waals surface area contributed by atoms with Crippen LogP contribution in [-0.2, 0) is 14.8 Å². The van der Waals surface area contributed by atoms with Gasteiger partial charge in [-0.3, -0.25) is 9.52 Å². The average Bonchev–Trinajstić information content (AvgIpc) is 2.65. The smallest absolute Gasteiger partial charge is 0.263 e. The first-order chi connectivity index (χ1) is 12.8. The number of nitrogens with one attached hydrogen (secondary N) is 1. The zero-order chi connectivity index (χ0) is 19.6. The number of ether oxygens (including phenoxy) is 1. The number of hydrogen-bond acceptors (Lipinski definition) is 4. The van der Waals surface area contributed by atoms with Crippen molar-refractivity contribution in [3.05, 3.63) is 57.6 Å². The summed E-state index contributed by atoms with van der Waals surface area (Å²) in [5.41, 5.74) is 1.42. The molecule has 2 aromatic rings. The largest absolute Gasteiger partial charge is 0.378 e. The number of carbonyl (C=O) groups is 1. The van der Waals surface area contributed by atoms with E-state index in [0.29, 0.717) is 48.1 Å². The monoisotopic (exact) mass is 428 g/mol. The van der Waals surface area contributed by atoms with E-state index in [4.69, 9.17) is 27.9 Å². The van der Waals surface area contributed by atoms with Crippen LogP contribution in [-0.4, -0.2) is 45.5 Å². The molecule has 2 aromatic carbocycles. The summed E-state index contributed by atoms with van der Waals surface area (Å²) in [5, 5.41) is 0.433. The quantitative estimate of drug-likeness (QED) is 0.807. The SMILES string of the molecule is Cc1cc(S(=O)(=O)Nc2ccc(C(=O)N3CCOCC3)cc2)c(Cl)cc1Cl. The number of anilines is 1. The highest BCUT2D eigenvalue weighted by Crippen LogP contribution is 2.29. The minimum Gasteiger partial charge on any atom is -0.378 e. The molecular formula is C18H18Cl2N2O4S. The number of sulfonamides is 1. The highest BCUT2D eigenvalue weighted by atomic mass is 35.5. The van der Waals surface area contributed by atoms with Gasteiger partial charge in [0, 0.05) is 29.4 Å². The van der Waals surface area contributed by atoms with Crippen LogP contribution in [0.4, 0.5) is 5.69 Å². The Morgan fingerprint density at radius 3 is 2.33 bits per heavy atom. The second-order valence-corrected chi connectivity index (χ2v) is 8.58. The number of nitrogens with zero attached hydrogens (tertiary/aromatic N) is 1. The zero-order valence-electron chi connectivity index (χ0n) is 14.5. The van der Waals surface area contributed by atoms with Crippen molar-refractivity contribution in [3.8, 4) is 0 Å². The van der Waals surface area contributed by atoms with Crippen LogP contribution in [0, 0.1) is 6.92 Å². The van der Waals surface area contributed by atoms with Gasteiger partial charge in [-0.15, -0.1) is 0 Å². The van der Waals surface area contributed by atoms with Gasteiger partial charge in [0.25, 0.3) is 15.9 Å². The lowest BCUT2D eigenvalue weighted by Gasteiger charge is -2.26. The number of aryl methyl sites for hydroxylation is 1. The van der Waals surface area contributed by atoms with E-state index in [1.54, 1.807) is 36.1 Å². The lowest BCUT2D eigenvalue weighted by atomic mass is 10.2. The maximum atomic E-state index is 12.6. The van der Waals surface area contributed by atoms with Gasteiger partial charge in [-0.05, 0) is 48.9 Å². The fraction of sp³-hybridized carbons (Fsp3) is 0.278. The molecule has 1 fully saturated rings. The highest BCUT2D eigenvalue weighted by Gasteiger charge is 2.21. The molecular weight excluding hydrogens is 411 g/mol. The number of carbonyl (C=O) groups excluding carboxylic acids is 1. The Morgan fingerprint density at radius 1 is 1.07 bits per heavy atom. The molecule has 9 heteroatoms. The molecule has 1 amide bonds. The predicted molar refractivity (Wildman–Crippen MR) is 105 cm³/mol. The van der Waals surface area contributed by atoms with Crippen LogP contribution in [0.25, 0.3) is 0 Å². The number of rotatable bonds is 4. The summed E-state index contributed by atoms with van der Waals surface area (Å²) in [6.07, 6.45) is 0. The fourth-order valence-electron chi connectivity index (χ4n) is 2.68. The molecule has 3 rings (SSSR count). The Bertz CT molecular complexity index is 956. The van der Waals surface area contributed by atoms with Crippen molar-refractivity contribution >= 4 is 44.8 Å². The molecule has 27 heavy (non-hydrogen) atoms. The van der Waals surface area contributed by atoms with E-state index in [2.05, 4.69) is 4.72 Å². The van der Waals surface area contributed by atoms with Gasteiger partial charge in [-0.25, -0.2) is 8.42 Å². The van der Waals surface area contributed by atoms with Crippen LogP contribution < -0.4 is 4.72 Å². The lowest BCUT2D eigenvalue weighted by Crippen LogP contribution is -2.40. The summed E-state index contributed by atoms with van der Waals surface area (Å²) in [5.74, 6) is -0.107. The van der Waals surface area contributed by atoms with Crippen LogP contribution in [0.2, 0.25) is 10.0 Å². The van der Waals surface area contributed by atoms with Crippen LogP contribution in [0.5, 0.6) is 0 Å². The molecule has 0 aliphatic carbocycles. The summed E-state index contributed by atoms with van der Waals surface area (Å²) in [4.78, 5) is 14.1. The van der Waals surface area contributed by atoms with Gasteiger partial charge in [0.2, 0.25) is 0 Å². The fourth-order valence-corrected chi connectivity index (χ4v) is 4.57. The Hall–Kier alpha value is -1.80. The van der Waals surface area contributed by atoms with E-state index in [1.807, 2.05) is 0 Å². The standard InChI is InChI=1S/C18H18Cl2N2O4S/c1-12-10-17(16(20)11-15(12)19)27(24,25)21-14-4-2-13(3-5-14)18(23)22-6-8-26-9-7-22/h2-5,10-11,21H,6-9H2,1H3. The number of morpholine rings is 1. The van der Waals surface area contributed by atoms with E-state index < -0.39 is 10.0 Å². The molecule has 1 N–H and O–H groups in total. The van der Waals surface area contributed by atoms with Crippen molar-refractivity contribution in [1.29, 1.82) is 0 Å². The molecule has 6 nitrogen and oxygen atoms in total. The Morgan fingerprint density at radius 2 is 1.70 bits per heavy atom. The third-order valence-corrected chi connectivity index (χ3v) is 6.44. The summed E-state index contributed by atoms with van der Waals surface area (Å²) in [6.45, 7) is 3.82. The van der Waals surface area contributed by atoms with Crippen LogP contribution in [0.15, 0.2) is 41.3 Å². The maximum absolute atomic E-state index is 12.6. The van der Waals surface area contributed by atoms with Crippen molar-refractivity contribution < 1.29 is 17.9 Å². The minimum atomic E-state index is -3.89. The van der Waals surface area contributed by atoms with Gasteiger partial charge >= 0.3 is 0 Å². The maximum Gasteiger partial charge on any atom is 0.263 e. The van der Waals surface area contributed by atoms with E-state index in [-0.39, 0.29) is 15.8 Å². The van der Waals surface area contributed by atoms with Gasteiger partial charge in [0.1, 0.15) is 4.90 Å². The number of hydrogen-bond donors (Lipinski definition) is 1. The molecule has 0 atom stereocenters. The molecule has 0 aromatic heterocycles. The number of amides is 1. The Kier molecular flexibility index (Phi) is 5.95. The number of halogens is 2. The summed E-state index contributed by atoms with van der Waals surface area (Å²) in [7, 11) is -3.89. The van der Waals surface area contributed by atoms with Crippen molar-refractivity contribution in [1.82, 2.24) is 4.90 Å². The first-order valence-corrected chi connectivity index (χ1v) is 10.5. The molecule has 0 bridgehead atoms. The topological polar surface area (TPSA) is 75.7 Å². The van der Waals surface area contributed by atoms with E-state index in [0.717, 1.165) is 0 Å². The van der Waals surface area contributed by atoms with Gasteiger partial charge in [0.05, 0.1) is 18.2 Å². The van der Waals surface area contributed by atoms with Gasteiger partial charge in [-0.1, -0.05) is 23.2 Å². The van der Waals surface area contributed by atoms with Gasteiger partial charge in [-0.2, -0.15) is 0 Å². The Balaban J connectivity index is 1.78. The number of benzene rings is 2. The van der Waals surface area contributed by atoms with Crippen LogP contribution in [0.1, 0.15) is 15.9 Å². The molecule has 1 aliphatic rings. The predicted octanol–water partition coefficient (Wildman–Crippen LogP) is 3.58. The highest BCUT2D eigenvalue weighted by molar-refractivity contribution is 7.92. The summed E-state index contributed by atoms with van der Waals surface area (Å²) < 4.78 is 33.0. The van der Waals surface area contributed by atoms with Crippen molar-refractivity contribution in [3.63, 3.8) is 0 Å². The first kappa shape index (κ1) is 19.9. The first-order valence-electron chi connectivity index (χ1n) is 8.23. The van der Waals surface area contributed by atoms with Crippen molar-refractivity contribution in [2.75, 3.05) is 31.0 Å². The minimum absolute atomic E-state index is 0.0391. The molecule has 0 spiro atoms. The molecule has 0 radical (unpaired) electrons. The van der Waals surface area contributed by atoms with E-state index >= 15 is 0 Å². The van der Waals surface area contributed by atoms with Gasteiger partial charge < -0.3 is 9.64 Å². The van der Waals surface area contributed by atoms with Crippen LogP contribution in [0.3, 0.4) is 0 Å². The molecule has 1 saturated heterocycles. The lowest BCUT2D eigenvalue weighted by molar-refractivity contribution is 0.0303. The Labute approximate surface area is 168 Å². The molecule has 1 heterocycles. The molecule has 144 valence electrons. The van der Waals surface area contributed by atoms with E-state index in [9.17, 15) is 13.2 Å². The zero-order valence-corrected chi connectivity index (χ0v) is 16.9. The summed E-state index contributed by atoms with van der Waals surface area (Å²) >= 11 is 12.0. The van der Waals surface area contributed by atoms with Crippen LogP contribution >= 0.6 is 23.2 Å². The second-order valence-electron chi connectivity index (χ2n) is 6.12. The molecule has 1 aliphatic heterocycles. The van der Waals surface area contributed by atoms with Crippen molar-refractivity contribution in [2.24, 2.45) is 0 Å². The van der Waals surface area contributed by atoms with E-state index in [1.165, 1.54) is 12.1 Å². The third-order valence-electron chi connectivity index (χ3n) is 4.19. The summed E-state index contributed by atoms with van der Waals surface area (Å²) in [6, 6.07) is 9.08. The molecule has 0 unspecified atom stereocenters. The van der Waals surface area contributed by atoms with Gasteiger partial charge in [0.15, 0.2) is 0 Å². The average molecular weight is 429 g/mol. The van der Waals surface area contributed by atoms with Crippen molar-refractivity contribution in [2.45, 2.75) is 11.8 Å². The third kappa shape index (κ3) is 4.55.